The highest BCUT2D eigenvalue weighted by Gasteiger charge is 2.36. The summed E-state index contributed by atoms with van der Waals surface area (Å²) in [5.74, 6) is -0.777. The van der Waals surface area contributed by atoms with Crippen LogP contribution < -0.4 is 0 Å². The van der Waals surface area contributed by atoms with E-state index in [4.69, 9.17) is 0 Å². The summed E-state index contributed by atoms with van der Waals surface area (Å²) in [5.41, 5.74) is 6.96. The second-order valence-corrected chi connectivity index (χ2v) is 8.30. The van der Waals surface area contributed by atoms with Gasteiger partial charge in [-0.3, -0.25) is 4.79 Å². The van der Waals surface area contributed by atoms with Gasteiger partial charge in [-0.15, -0.1) is 0 Å². The van der Waals surface area contributed by atoms with Gasteiger partial charge in [-0.05, 0) is 39.8 Å². The van der Waals surface area contributed by atoms with E-state index in [1.54, 1.807) is 11.3 Å². The van der Waals surface area contributed by atoms with Gasteiger partial charge in [0.25, 0.3) is 0 Å². The van der Waals surface area contributed by atoms with E-state index in [1.165, 1.54) is 16.8 Å². The number of carboxylic acid groups (broad SMARTS) is 1. The molecule has 1 aromatic carbocycles. The number of benzene rings is 1. The van der Waals surface area contributed by atoms with E-state index >= 15 is 0 Å². The molecule has 2 aromatic heterocycles. The second-order valence-electron chi connectivity index (χ2n) is 7.52. The maximum Gasteiger partial charge on any atom is 0.309 e. The number of fused-ring (bicyclic) bond motifs is 1. The Morgan fingerprint density at radius 3 is 2.56 bits per heavy atom. The van der Waals surface area contributed by atoms with Crippen molar-refractivity contribution in [2.45, 2.75) is 33.2 Å². The number of thiophene rings is 1. The maximum absolute atomic E-state index is 11.6. The summed E-state index contributed by atoms with van der Waals surface area (Å²) >= 11 is 1.65. The number of hydrogen-bond acceptors (Lipinski definition) is 2. The Morgan fingerprint density at radius 1 is 1.16 bits per heavy atom. The van der Waals surface area contributed by atoms with Gasteiger partial charge in [0.15, 0.2) is 0 Å². The molecule has 0 radical (unpaired) electrons. The zero-order valence-electron chi connectivity index (χ0n) is 14.5. The number of aromatic nitrogens is 1. The Balaban J connectivity index is 2.03. The predicted octanol–water partition coefficient (Wildman–Crippen LogP) is 5.09. The largest absolute Gasteiger partial charge is 0.481 e. The van der Waals surface area contributed by atoms with Crippen LogP contribution in [-0.4, -0.2) is 15.6 Å². The molecule has 1 N–H and O–H groups in total. The van der Waals surface area contributed by atoms with Crippen molar-refractivity contribution in [3.63, 3.8) is 0 Å². The molecule has 3 nitrogen and oxygen atoms in total. The third-order valence-corrected chi connectivity index (χ3v) is 5.59. The quantitative estimate of drug-likeness (QED) is 0.711. The molecule has 128 valence electrons. The minimum Gasteiger partial charge on any atom is -0.481 e. The summed E-state index contributed by atoms with van der Waals surface area (Å²) in [4.78, 5) is 11.6. The summed E-state index contributed by atoms with van der Waals surface area (Å²) in [6.45, 7) is 5.38. The predicted molar refractivity (Wildman–Crippen MR) is 102 cm³/mol. The molecule has 4 rings (SSSR count). The molecule has 1 aliphatic rings. The highest BCUT2D eigenvalue weighted by atomic mass is 32.1. The molecule has 0 amide bonds. The van der Waals surface area contributed by atoms with E-state index in [9.17, 15) is 9.90 Å². The Bertz CT molecular complexity index is 921. The summed E-state index contributed by atoms with van der Waals surface area (Å²) in [6.07, 6.45) is 1.02. The van der Waals surface area contributed by atoms with Crippen molar-refractivity contribution >= 4 is 17.3 Å². The van der Waals surface area contributed by atoms with Crippen LogP contribution in [0.25, 0.3) is 22.3 Å². The van der Waals surface area contributed by atoms with Crippen molar-refractivity contribution in [3.05, 3.63) is 58.5 Å². The van der Waals surface area contributed by atoms with Gasteiger partial charge in [0.1, 0.15) is 0 Å². The number of aliphatic carboxylic acids is 1. The molecule has 0 atom stereocenters. The number of carbonyl (C=O) groups is 1. The molecule has 0 saturated heterocycles. The van der Waals surface area contributed by atoms with Crippen LogP contribution in [0.15, 0.2) is 47.2 Å². The molecule has 3 aromatic rings. The Morgan fingerprint density at radius 2 is 1.92 bits per heavy atom. The van der Waals surface area contributed by atoms with Crippen LogP contribution in [-0.2, 0) is 24.2 Å². The first-order chi connectivity index (χ1) is 12.0. The van der Waals surface area contributed by atoms with Crippen LogP contribution in [0.2, 0.25) is 0 Å². The van der Waals surface area contributed by atoms with Gasteiger partial charge in [-0.25, -0.2) is 0 Å². The minimum atomic E-state index is -0.777. The van der Waals surface area contributed by atoms with E-state index in [0.717, 1.165) is 29.8 Å². The molecular weight excluding hydrogens is 330 g/mol. The lowest BCUT2D eigenvalue weighted by Gasteiger charge is -2.18. The maximum atomic E-state index is 11.6. The molecule has 0 fully saturated rings. The van der Waals surface area contributed by atoms with Crippen molar-refractivity contribution < 1.29 is 9.90 Å². The monoisotopic (exact) mass is 351 g/mol. The van der Waals surface area contributed by atoms with Crippen molar-refractivity contribution in [3.8, 4) is 22.3 Å². The number of carboxylic acids is 1. The third-order valence-electron chi connectivity index (χ3n) is 4.90. The molecule has 4 heteroatoms. The number of hydrogen-bond donors (Lipinski definition) is 1. The molecule has 0 aliphatic carbocycles. The van der Waals surface area contributed by atoms with Crippen LogP contribution in [0, 0.1) is 5.41 Å². The van der Waals surface area contributed by atoms with Gasteiger partial charge in [-0.2, -0.15) is 11.3 Å². The second kappa shape index (κ2) is 5.88. The third kappa shape index (κ3) is 2.81. The van der Waals surface area contributed by atoms with Gasteiger partial charge in [0.05, 0.1) is 6.42 Å². The molecule has 0 spiro atoms. The zero-order chi connectivity index (χ0) is 17.6. The number of nitrogens with zero attached hydrogens (tertiary/aromatic N) is 1. The fourth-order valence-electron chi connectivity index (χ4n) is 3.99. The summed E-state index contributed by atoms with van der Waals surface area (Å²) in [5, 5.41) is 13.7. The summed E-state index contributed by atoms with van der Waals surface area (Å²) < 4.78 is 2.27. The van der Waals surface area contributed by atoms with Gasteiger partial charge in [-0.1, -0.05) is 44.2 Å². The van der Waals surface area contributed by atoms with E-state index in [-0.39, 0.29) is 11.8 Å². The van der Waals surface area contributed by atoms with Gasteiger partial charge in [0.2, 0.25) is 0 Å². The zero-order valence-corrected chi connectivity index (χ0v) is 15.3. The smallest absolute Gasteiger partial charge is 0.309 e. The SMILES string of the molecule is CC1(C)Cc2c(-c3ccccc3)c(-c3ccsc3)c(CC(=O)O)n2C1. The van der Waals surface area contributed by atoms with Gasteiger partial charge in [0, 0.05) is 29.1 Å². The first-order valence-corrected chi connectivity index (χ1v) is 9.44. The highest BCUT2D eigenvalue weighted by Crippen LogP contribution is 2.47. The molecule has 0 saturated carbocycles. The summed E-state index contributed by atoms with van der Waals surface area (Å²) in [7, 11) is 0. The van der Waals surface area contributed by atoms with Crippen LogP contribution >= 0.6 is 11.3 Å². The first kappa shape index (κ1) is 16.2. The van der Waals surface area contributed by atoms with E-state index in [0.29, 0.717) is 0 Å². The van der Waals surface area contributed by atoms with E-state index in [2.05, 4.69) is 47.4 Å². The molecule has 0 bridgehead atoms. The lowest BCUT2D eigenvalue weighted by Crippen LogP contribution is -2.15. The molecule has 1 aliphatic heterocycles. The van der Waals surface area contributed by atoms with Crippen molar-refractivity contribution in [2.75, 3.05) is 0 Å². The van der Waals surface area contributed by atoms with Crippen molar-refractivity contribution in [1.82, 2.24) is 4.57 Å². The van der Waals surface area contributed by atoms with Crippen LogP contribution in [0.5, 0.6) is 0 Å². The molecule has 3 heterocycles. The van der Waals surface area contributed by atoms with Crippen LogP contribution in [0.1, 0.15) is 25.2 Å². The highest BCUT2D eigenvalue weighted by molar-refractivity contribution is 7.08. The van der Waals surface area contributed by atoms with Gasteiger partial charge < -0.3 is 9.67 Å². The lowest BCUT2D eigenvalue weighted by molar-refractivity contribution is -0.136. The number of rotatable bonds is 4. The van der Waals surface area contributed by atoms with Crippen molar-refractivity contribution in [2.24, 2.45) is 5.41 Å². The van der Waals surface area contributed by atoms with E-state index < -0.39 is 5.97 Å². The van der Waals surface area contributed by atoms with Crippen LogP contribution in [0.3, 0.4) is 0 Å². The van der Waals surface area contributed by atoms with Crippen molar-refractivity contribution in [1.29, 1.82) is 0 Å². The average Bonchev–Trinajstić information content (AvgIpc) is 3.23. The molecule has 25 heavy (non-hydrogen) atoms. The fourth-order valence-corrected chi connectivity index (χ4v) is 4.64. The fraction of sp³-hybridized carbons (Fsp3) is 0.286. The lowest BCUT2D eigenvalue weighted by atomic mass is 9.87. The Kier molecular flexibility index (Phi) is 3.80. The Labute approximate surface area is 151 Å². The Hall–Kier alpha value is -2.33. The standard InChI is InChI=1S/C21H21NO2S/c1-21(2)11-17-19(14-6-4-3-5-7-14)20(15-8-9-25-12-15)16(10-18(23)24)22(17)13-21/h3-9,12H,10-11,13H2,1-2H3,(H,23,24). The first-order valence-electron chi connectivity index (χ1n) is 8.50. The van der Waals surface area contributed by atoms with E-state index in [1.807, 2.05) is 18.2 Å². The molecule has 0 unspecified atom stereocenters. The minimum absolute atomic E-state index is 0.0566. The van der Waals surface area contributed by atoms with Crippen LogP contribution in [0.4, 0.5) is 0 Å². The summed E-state index contributed by atoms with van der Waals surface area (Å²) in [6, 6.07) is 12.5. The average molecular weight is 351 g/mol. The topological polar surface area (TPSA) is 42.2 Å². The molecular formula is C21H21NO2S. The van der Waals surface area contributed by atoms with Gasteiger partial charge >= 0.3 is 5.97 Å². The normalized spacial score (nSPS) is 15.3.